The second-order valence-electron chi connectivity index (χ2n) is 6.44. The predicted octanol–water partition coefficient (Wildman–Crippen LogP) is 4.82. The van der Waals surface area contributed by atoms with Crippen molar-refractivity contribution in [2.24, 2.45) is 0 Å². The molecule has 4 heteroatoms. The van der Waals surface area contributed by atoms with Crippen LogP contribution in [0.3, 0.4) is 0 Å². The van der Waals surface area contributed by atoms with E-state index in [4.69, 9.17) is 4.74 Å². The summed E-state index contributed by atoms with van der Waals surface area (Å²) < 4.78 is 20.7. The van der Waals surface area contributed by atoms with E-state index in [1.807, 2.05) is 47.5 Å². The Labute approximate surface area is 151 Å². The number of halogens is 1. The normalized spacial score (nSPS) is 21.2. The highest BCUT2D eigenvalue weighted by atomic mass is 19.1. The lowest BCUT2D eigenvalue weighted by Gasteiger charge is -2.39. The molecule has 0 saturated carbocycles. The number of fused-ring (bicyclic) bond motifs is 3. The molecule has 5 rings (SSSR count). The smallest absolute Gasteiger partial charge is 0.198 e. The zero-order valence-corrected chi connectivity index (χ0v) is 14.0. The molecule has 0 bridgehead atoms. The van der Waals surface area contributed by atoms with Gasteiger partial charge in [0.2, 0.25) is 0 Å². The topological polar surface area (TPSA) is 24.5 Å². The molecule has 2 aliphatic heterocycles. The van der Waals surface area contributed by atoms with Gasteiger partial charge < -0.3 is 10.2 Å². The monoisotopic (exact) mass is 344 g/mol. The van der Waals surface area contributed by atoms with Crippen LogP contribution in [0.5, 0.6) is 5.75 Å². The van der Waals surface area contributed by atoms with Crippen LogP contribution in [0.4, 0.5) is 4.39 Å². The molecule has 3 nitrogen and oxygen atoms in total. The molecule has 1 N–H and O–H groups in total. The Balaban J connectivity index is 1.61. The minimum absolute atomic E-state index is 0.0280. The van der Waals surface area contributed by atoms with Gasteiger partial charge >= 0.3 is 0 Å². The third-order valence-electron chi connectivity index (χ3n) is 4.86. The predicted molar refractivity (Wildman–Crippen MR) is 98.3 cm³/mol. The Hall–Kier alpha value is -3.11. The Bertz CT molecular complexity index is 986. The van der Waals surface area contributed by atoms with Gasteiger partial charge in [-0.25, -0.2) is 4.39 Å². The summed E-state index contributed by atoms with van der Waals surface area (Å²) in [7, 11) is 0. The molecule has 0 radical (unpaired) electrons. The first kappa shape index (κ1) is 15.2. The quantitative estimate of drug-likeness (QED) is 0.721. The molecule has 0 aliphatic carbocycles. The zero-order valence-electron chi connectivity index (χ0n) is 14.0. The van der Waals surface area contributed by atoms with Crippen molar-refractivity contribution in [2.75, 3.05) is 0 Å². The molecule has 0 spiro atoms. The maximum absolute atomic E-state index is 14.5. The summed E-state index contributed by atoms with van der Waals surface area (Å²) in [6, 6.07) is 24.8. The second-order valence-corrected chi connectivity index (χ2v) is 6.44. The lowest BCUT2D eigenvalue weighted by atomic mass is 10.0. The van der Waals surface area contributed by atoms with E-state index in [0.29, 0.717) is 5.56 Å². The molecule has 2 atom stereocenters. The number of nitrogens with zero attached hydrogens (tertiary/aromatic N) is 1. The van der Waals surface area contributed by atoms with Crippen LogP contribution < -0.4 is 10.2 Å². The number of hydrogen-bond donors (Lipinski definition) is 1. The van der Waals surface area contributed by atoms with Gasteiger partial charge in [-0.05, 0) is 23.8 Å². The summed E-state index contributed by atoms with van der Waals surface area (Å²) in [4.78, 5) is 0. The van der Waals surface area contributed by atoms with E-state index in [2.05, 4.69) is 29.7 Å². The first-order valence-corrected chi connectivity index (χ1v) is 8.63. The summed E-state index contributed by atoms with van der Waals surface area (Å²) in [5.74, 6) is 0.514. The summed E-state index contributed by atoms with van der Waals surface area (Å²) in [6.45, 7) is 0. The van der Waals surface area contributed by atoms with Crippen LogP contribution in [0.25, 0.3) is 5.70 Å². The highest BCUT2D eigenvalue weighted by Crippen LogP contribution is 2.46. The number of para-hydroxylation sites is 1. The summed E-state index contributed by atoms with van der Waals surface area (Å²) >= 11 is 0. The third-order valence-corrected chi connectivity index (χ3v) is 4.86. The van der Waals surface area contributed by atoms with Gasteiger partial charge in [-0.15, -0.1) is 0 Å². The van der Waals surface area contributed by atoms with Crippen molar-refractivity contribution in [3.05, 3.63) is 107 Å². The highest BCUT2D eigenvalue weighted by Gasteiger charge is 2.40. The van der Waals surface area contributed by atoms with E-state index in [-0.39, 0.29) is 11.9 Å². The van der Waals surface area contributed by atoms with E-state index in [9.17, 15) is 4.39 Å². The standard InChI is InChI=1S/C22H17FN2O/c23-18-12-6-4-10-16(18)22-25-20(17-11-5-7-13-21(17)26-22)14-19(24-25)15-8-2-1-3-9-15/h1-14,20,22,24H. The van der Waals surface area contributed by atoms with E-state index in [0.717, 1.165) is 22.6 Å². The molecule has 0 aromatic heterocycles. The van der Waals surface area contributed by atoms with Gasteiger partial charge in [0.25, 0.3) is 0 Å². The Morgan fingerprint density at radius 2 is 1.50 bits per heavy atom. The van der Waals surface area contributed by atoms with Crippen molar-refractivity contribution in [3.63, 3.8) is 0 Å². The van der Waals surface area contributed by atoms with Crippen molar-refractivity contribution < 1.29 is 9.13 Å². The van der Waals surface area contributed by atoms with Gasteiger partial charge in [0.05, 0.1) is 11.7 Å². The van der Waals surface area contributed by atoms with Crippen molar-refractivity contribution >= 4 is 5.70 Å². The molecule has 2 heterocycles. The van der Waals surface area contributed by atoms with Gasteiger partial charge in [0, 0.05) is 11.1 Å². The molecule has 128 valence electrons. The minimum atomic E-state index is -0.548. The number of ether oxygens (including phenoxy) is 1. The lowest BCUT2D eigenvalue weighted by Crippen LogP contribution is -2.43. The number of hydrazine groups is 1. The van der Waals surface area contributed by atoms with E-state index in [1.165, 1.54) is 6.07 Å². The van der Waals surface area contributed by atoms with Crippen LogP contribution in [0.15, 0.2) is 84.9 Å². The van der Waals surface area contributed by atoms with Crippen molar-refractivity contribution in [1.29, 1.82) is 0 Å². The molecular formula is C22H17FN2O. The number of rotatable bonds is 2. The van der Waals surface area contributed by atoms with Crippen LogP contribution in [-0.2, 0) is 0 Å². The first-order chi connectivity index (χ1) is 12.8. The fourth-order valence-corrected chi connectivity index (χ4v) is 3.60. The molecule has 2 aliphatic rings. The molecule has 3 aromatic rings. The van der Waals surface area contributed by atoms with Crippen LogP contribution in [0, 0.1) is 5.82 Å². The summed E-state index contributed by atoms with van der Waals surface area (Å²) in [5.41, 5.74) is 7.10. The van der Waals surface area contributed by atoms with E-state index in [1.54, 1.807) is 12.1 Å². The van der Waals surface area contributed by atoms with Gasteiger partial charge in [-0.3, -0.25) is 0 Å². The van der Waals surface area contributed by atoms with Crippen LogP contribution in [0.2, 0.25) is 0 Å². The fraction of sp³-hybridized carbons (Fsp3) is 0.0909. The summed E-state index contributed by atoms with van der Waals surface area (Å²) in [5, 5.41) is 1.98. The second kappa shape index (κ2) is 6.00. The third kappa shape index (κ3) is 2.38. The number of hydrogen-bond acceptors (Lipinski definition) is 3. The lowest BCUT2D eigenvalue weighted by molar-refractivity contribution is -0.0347. The van der Waals surface area contributed by atoms with Gasteiger partial charge in [0.1, 0.15) is 11.6 Å². The largest absolute Gasteiger partial charge is 0.469 e. The van der Waals surface area contributed by atoms with Gasteiger partial charge in [-0.2, -0.15) is 5.01 Å². The number of nitrogens with one attached hydrogen (secondary N) is 1. The molecule has 0 amide bonds. The maximum Gasteiger partial charge on any atom is 0.198 e. The molecule has 26 heavy (non-hydrogen) atoms. The van der Waals surface area contributed by atoms with Crippen molar-refractivity contribution in [3.8, 4) is 5.75 Å². The van der Waals surface area contributed by atoms with E-state index < -0.39 is 6.23 Å². The molecule has 0 fully saturated rings. The van der Waals surface area contributed by atoms with Crippen LogP contribution in [-0.4, -0.2) is 5.01 Å². The molecule has 3 aromatic carbocycles. The summed E-state index contributed by atoms with van der Waals surface area (Å²) in [6.07, 6.45) is 1.62. The Morgan fingerprint density at radius 3 is 2.31 bits per heavy atom. The first-order valence-electron chi connectivity index (χ1n) is 8.63. The van der Waals surface area contributed by atoms with Crippen LogP contribution in [0.1, 0.15) is 29.0 Å². The zero-order chi connectivity index (χ0) is 17.5. The molecular weight excluding hydrogens is 327 g/mol. The van der Waals surface area contributed by atoms with Crippen molar-refractivity contribution in [1.82, 2.24) is 10.4 Å². The van der Waals surface area contributed by atoms with Gasteiger partial charge in [-0.1, -0.05) is 66.7 Å². The average molecular weight is 344 g/mol. The van der Waals surface area contributed by atoms with Crippen molar-refractivity contribution in [2.45, 2.75) is 12.3 Å². The SMILES string of the molecule is Fc1ccccc1C1Oc2ccccc2C2C=C(c3ccccc3)NN21. The Morgan fingerprint density at radius 1 is 0.808 bits per heavy atom. The average Bonchev–Trinajstić information content (AvgIpc) is 3.14. The van der Waals surface area contributed by atoms with Crippen LogP contribution >= 0.6 is 0 Å². The maximum atomic E-state index is 14.5. The Kier molecular flexibility index (Phi) is 3.50. The minimum Gasteiger partial charge on any atom is -0.469 e. The highest BCUT2D eigenvalue weighted by molar-refractivity contribution is 5.67. The number of benzene rings is 3. The van der Waals surface area contributed by atoms with Gasteiger partial charge in [0.15, 0.2) is 6.23 Å². The van der Waals surface area contributed by atoms with E-state index >= 15 is 0 Å². The molecule has 0 saturated heterocycles. The fourth-order valence-electron chi connectivity index (χ4n) is 3.60. The molecule has 2 unspecified atom stereocenters.